The number of benzene rings is 3. The van der Waals surface area contributed by atoms with Crippen molar-refractivity contribution in [1.82, 2.24) is 15.0 Å². The number of rotatable bonds is 7. The number of hydrogen-bond donors (Lipinski definition) is 2. The summed E-state index contributed by atoms with van der Waals surface area (Å²) in [6, 6.07) is 19.0. The van der Waals surface area contributed by atoms with Gasteiger partial charge in [0.15, 0.2) is 0 Å². The maximum absolute atomic E-state index is 13.5. The Kier molecular flexibility index (Phi) is 7.13. The molecule has 3 amide bonds. The van der Waals surface area contributed by atoms with Crippen molar-refractivity contribution < 1.29 is 18.0 Å². The zero-order chi connectivity index (χ0) is 25.0. The molecule has 10 heteroatoms. The quantitative estimate of drug-likeness (QED) is 0.394. The summed E-state index contributed by atoms with van der Waals surface area (Å²) >= 11 is 1.50. The van der Waals surface area contributed by atoms with Gasteiger partial charge in [0.25, 0.3) is 10.0 Å². The summed E-state index contributed by atoms with van der Waals surface area (Å²) < 4.78 is 28.5. The first-order valence-corrected chi connectivity index (χ1v) is 13.1. The van der Waals surface area contributed by atoms with Crippen molar-refractivity contribution in [2.24, 2.45) is 0 Å². The van der Waals surface area contributed by atoms with E-state index in [0.29, 0.717) is 11.3 Å². The largest absolute Gasteiger partial charge is 0.329 e. The number of carbonyl (C=O) groups excluding carboxylic acids is 2. The van der Waals surface area contributed by atoms with Crippen LogP contribution >= 0.6 is 11.3 Å². The zero-order valence-corrected chi connectivity index (χ0v) is 20.8. The first-order valence-electron chi connectivity index (χ1n) is 10.8. The van der Waals surface area contributed by atoms with Crippen LogP contribution in [0.25, 0.3) is 10.2 Å². The molecule has 0 aliphatic heterocycles. The number of aryl methyl sites for hydroxylation is 1. The fourth-order valence-electron chi connectivity index (χ4n) is 3.69. The molecule has 0 fully saturated rings. The molecule has 0 radical (unpaired) electrons. The first kappa shape index (κ1) is 24.4. The van der Waals surface area contributed by atoms with E-state index >= 15 is 0 Å². The number of aromatic nitrogens is 1. The smallest absolute Gasteiger partial charge is 0.325 e. The predicted octanol–water partition coefficient (Wildman–Crippen LogP) is 3.87. The van der Waals surface area contributed by atoms with Gasteiger partial charge in [-0.2, -0.15) is 0 Å². The molecule has 4 rings (SSSR count). The standard InChI is InChI=1S/C25H24N4O4S2/c1-17-8-6-7-11-23(17)35(32,33)28-25(31)27-21(14-18-9-4-3-5-10-18)24(30)29(2)19-12-13-22-20(15-19)26-16-34-22/h3-13,15-16,21H,14H2,1-2H3,(H2,27,28,31)/t21-/m0/s1. The average molecular weight is 509 g/mol. The van der Waals surface area contributed by atoms with E-state index in [2.05, 4.69) is 10.3 Å². The Bertz CT molecular complexity index is 1470. The van der Waals surface area contributed by atoms with Gasteiger partial charge in [-0.3, -0.25) is 4.79 Å². The molecule has 4 aromatic rings. The van der Waals surface area contributed by atoms with Crippen molar-refractivity contribution in [3.8, 4) is 0 Å². The van der Waals surface area contributed by atoms with E-state index in [1.807, 2.05) is 41.1 Å². The fraction of sp³-hybridized carbons (Fsp3) is 0.160. The Morgan fingerprint density at radius 3 is 2.49 bits per heavy atom. The van der Waals surface area contributed by atoms with Gasteiger partial charge in [0.1, 0.15) is 6.04 Å². The number of nitrogens with zero attached hydrogens (tertiary/aromatic N) is 2. The van der Waals surface area contributed by atoms with Crippen LogP contribution in [0, 0.1) is 6.92 Å². The Hall–Kier alpha value is -3.76. The summed E-state index contributed by atoms with van der Waals surface area (Å²) in [7, 11) is -2.51. The number of anilines is 1. The monoisotopic (exact) mass is 508 g/mol. The van der Waals surface area contributed by atoms with Crippen LogP contribution in [0.3, 0.4) is 0 Å². The summed E-state index contributed by atoms with van der Waals surface area (Å²) in [4.78, 5) is 32.0. The Morgan fingerprint density at radius 2 is 1.74 bits per heavy atom. The van der Waals surface area contributed by atoms with Crippen LogP contribution in [-0.2, 0) is 21.2 Å². The van der Waals surface area contributed by atoms with E-state index in [9.17, 15) is 18.0 Å². The molecule has 0 aliphatic rings. The third-order valence-electron chi connectivity index (χ3n) is 5.53. The number of likely N-dealkylation sites (N-methyl/N-ethyl adjacent to an activating group) is 1. The molecular formula is C25H24N4O4S2. The van der Waals surface area contributed by atoms with Crippen LogP contribution in [0.2, 0.25) is 0 Å². The Balaban J connectivity index is 1.56. The van der Waals surface area contributed by atoms with E-state index in [1.165, 1.54) is 22.3 Å². The van der Waals surface area contributed by atoms with Crippen LogP contribution < -0.4 is 14.9 Å². The number of urea groups is 1. The molecule has 1 heterocycles. The summed E-state index contributed by atoms with van der Waals surface area (Å²) in [5.74, 6) is -0.396. The summed E-state index contributed by atoms with van der Waals surface area (Å²) in [6.07, 6.45) is 0.181. The van der Waals surface area contributed by atoms with Crippen LogP contribution in [-0.4, -0.2) is 38.4 Å². The van der Waals surface area contributed by atoms with Gasteiger partial charge in [0.05, 0.1) is 20.6 Å². The van der Waals surface area contributed by atoms with Crippen molar-refractivity contribution in [3.05, 3.63) is 89.4 Å². The second kappa shape index (κ2) is 10.2. The maximum Gasteiger partial charge on any atom is 0.329 e. The SMILES string of the molecule is Cc1ccccc1S(=O)(=O)NC(=O)N[C@@H](Cc1ccccc1)C(=O)N(C)c1ccc2scnc2c1. The van der Waals surface area contributed by atoms with Gasteiger partial charge in [-0.15, -0.1) is 11.3 Å². The minimum atomic E-state index is -4.12. The van der Waals surface area contributed by atoms with Gasteiger partial charge >= 0.3 is 6.03 Å². The average Bonchev–Trinajstić information content (AvgIpc) is 3.31. The molecule has 8 nitrogen and oxygen atoms in total. The number of nitrogens with one attached hydrogen (secondary N) is 2. The van der Waals surface area contributed by atoms with Gasteiger partial charge in [-0.05, 0) is 42.3 Å². The van der Waals surface area contributed by atoms with Gasteiger partial charge in [0, 0.05) is 19.2 Å². The van der Waals surface area contributed by atoms with Crippen molar-refractivity contribution >= 4 is 49.2 Å². The van der Waals surface area contributed by atoms with Crippen LogP contribution in [0.15, 0.2) is 83.2 Å². The first-order chi connectivity index (χ1) is 16.7. The molecule has 35 heavy (non-hydrogen) atoms. The third kappa shape index (κ3) is 5.67. The van der Waals surface area contributed by atoms with Crippen molar-refractivity contribution in [2.45, 2.75) is 24.3 Å². The van der Waals surface area contributed by atoms with E-state index in [1.54, 1.807) is 49.8 Å². The lowest BCUT2D eigenvalue weighted by molar-refractivity contribution is -0.120. The molecule has 1 atom stereocenters. The number of thiazole rings is 1. The normalized spacial score (nSPS) is 12.2. The number of fused-ring (bicyclic) bond motifs is 1. The van der Waals surface area contributed by atoms with Crippen LogP contribution in [0.4, 0.5) is 10.5 Å². The Labute approximate surface area is 207 Å². The zero-order valence-electron chi connectivity index (χ0n) is 19.1. The Morgan fingerprint density at radius 1 is 1.03 bits per heavy atom. The van der Waals surface area contributed by atoms with Gasteiger partial charge in [-0.25, -0.2) is 22.9 Å². The lowest BCUT2D eigenvalue weighted by atomic mass is 10.0. The summed E-state index contributed by atoms with van der Waals surface area (Å²) in [5, 5.41) is 2.56. The van der Waals surface area contributed by atoms with E-state index in [0.717, 1.165) is 15.8 Å². The second-order valence-corrected chi connectivity index (χ2v) is 10.5. The maximum atomic E-state index is 13.5. The molecule has 1 aromatic heterocycles. The lowest BCUT2D eigenvalue weighted by Gasteiger charge is -2.25. The molecule has 0 saturated heterocycles. The molecule has 0 saturated carbocycles. The molecule has 0 bridgehead atoms. The van der Waals surface area contributed by atoms with Gasteiger partial charge in [-0.1, -0.05) is 48.5 Å². The number of sulfonamides is 1. The van der Waals surface area contributed by atoms with E-state index in [-0.39, 0.29) is 11.3 Å². The molecule has 0 unspecified atom stereocenters. The highest BCUT2D eigenvalue weighted by molar-refractivity contribution is 7.90. The highest BCUT2D eigenvalue weighted by atomic mass is 32.2. The summed E-state index contributed by atoms with van der Waals surface area (Å²) in [5.41, 5.74) is 4.43. The highest BCUT2D eigenvalue weighted by Crippen LogP contribution is 2.24. The fourth-order valence-corrected chi connectivity index (χ4v) is 5.51. The highest BCUT2D eigenvalue weighted by Gasteiger charge is 2.28. The van der Waals surface area contributed by atoms with E-state index < -0.39 is 28.0 Å². The molecule has 0 aliphatic carbocycles. The summed E-state index contributed by atoms with van der Waals surface area (Å²) in [6.45, 7) is 1.64. The van der Waals surface area contributed by atoms with Gasteiger partial charge < -0.3 is 10.2 Å². The van der Waals surface area contributed by atoms with Gasteiger partial charge in [0.2, 0.25) is 5.91 Å². The van der Waals surface area contributed by atoms with Crippen LogP contribution in [0.5, 0.6) is 0 Å². The third-order valence-corrected chi connectivity index (χ3v) is 7.83. The van der Waals surface area contributed by atoms with E-state index in [4.69, 9.17) is 0 Å². The van der Waals surface area contributed by atoms with Crippen LogP contribution in [0.1, 0.15) is 11.1 Å². The minimum Gasteiger partial charge on any atom is -0.325 e. The van der Waals surface area contributed by atoms with Crippen molar-refractivity contribution in [2.75, 3.05) is 11.9 Å². The predicted molar refractivity (Wildman–Crippen MR) is 137 cm³/mol. The topological polar surface area (TPSA) is 108 Å². The molecular weight excluding hydrogens is 484 g/mol. The molecule has 180 valence electrons. The number of hydrogen-bond acceptors (Lipinski definition) is 6. The number of carbonyl (C=O) groups is 2. The second-order valence-electron chi connectivity index (χ2n) is 7.99. The van der Waals surface area contributed by atoms with Crippen molar-refractivity contribution in [1.29, 1.82) is 0 Å². The number of amides is 3. The minimum absolute atomic E-state index is 0.00484. The molecule has 2 N–H and O–H groups in total. The van der Waals surface area contributed by atoms with Crippen molar-refractivity contribution in [3.63, 3.8) is 0 Å². The molecule has 3 aromatic carbocycles. The lowest BCUT2D eigenvalue weighted by Crippen LogP contribution is -2.52. The molecule has 0 spiro atoms.